The van der Waals surface area contributed by atoms with Gasteiger partial charge in [0.25, 0.3) is 5.91 Å². The van der Waals surface area contributed by atoms with E-state index in [9.17, 15) is 14.7 Å². The highest BCUT2D eigenvalue weighted by Crippen LogP contribution is 2.25. The fourth-order valence-electron chi connectivity index (χ4n) is 3.22. The number of hydrogen-bond donors (Lipinski definition) is 1. The number of ether oxygens (including phenoxy) is 2. The van der Waals surface area contributed by atoms with E-state index in [2.05, 4.69) is 5.10 Å². The van der Waals surface area contributed by atoms with Gasteiger partial charge in [-0.05, 0) is 48.9 Å². The van der Waals surface area contributed by atoms with Crippen molar-refractivity contribution < 1.29 is 24.2 Å². The van der Waals surface area contributed by atoms with Gasteiger partial charge < -0.3 is 14.6 Å². The summed E-state index contributed by atoms with van der Waals surface area (Å²) in [6.07, 6.45) is -0.872. The van der Waals surface area contributed by atoms with Crippen LogP contribution in [0.2, 0.25) is 0 Å². The Kier molecular flexibility index (Phi) is 6.61. The maximum absolute atomic E-state index is 13.1. The van der Waals surface area contributed by atoms with Crippen LogP contribution < -0.4 is 4.74 Å². The van der Waals surface area contributed by atoms with Crippen LogP contribution in [-0.2, 0) is 9.53 Å². The minimum Gasteiger partial charge on any atom is -0.497 e. The first-order valence-electron chi connectivity index (χ1n) is 9.47. The zero-order chi connectivity index (χ0) is 20.8. The molecule has 2 aromatic rings. The summed E-state index contributed by atoms with van der Waals surface area (Å²) < 4.78 is 10.2. The van der Waals surface area contributed by atoms with Crippen LogP contribution in [0.25, 0.3) is 0 Å². The zero-order valence-electron chi connectivity index (χ0n) is 16.4. The number of rotatable bonds is 6. The highest BCUT2D eigenvalue weighted by Gasteiger charge is 2.37. The van der Waals surface area contributed by atoms with Gasteiger partial charge in [0.2, 0.25) is 0 Å². The van der Waals surface area contributed by atoms with Crippen molar-refractivity contribution in [3.8, 4) is 5.75 Å². The van der Waals surface area contributed by atoms with Gasteiger partial charge in [-0.3, -0.25) is 9.59 Å². The van der Waals surface area contributed by atoms with Crippen LogP contribution in [0.15, 0.2) is 59.7 Å². The molecule has 1 heterocycles. The maximum atomic E-state index is 13.1. The molecule has 2 atom stereocenters. The first-order valence-corrected chi connectivity index (χ1v) is 9.47. The number of benzene rings is 2. The van der Waals surface area contributed by atoms with Gasteiger partial charge in [-0.25, -0.2) is 5.01 Å². The van der Waals surface area contributed by atoms with Gasteiger partial charge in [0.1, 0.15) is 5.75 Å². The molecular weight excluding hydrogens is 372 g/mol. The molecule has 0 saturated carbocycles. The first-order chi connectivity index (χ1) is 14.0. The average Bonchev–Trinajstić information content (AvgIpc) is 2.75. The van der Waals surface area contributed by atoms with Crippen molar-refractivity contribution in [3.63, 3.8) is 0 Å². The lowest BCUT2D eigenvalue weighted by Crippen LogP contribution is -2.50. The maximum Gasteiger partial charge on any atom is 0.308 e. The van der Waals surface area contributed by atoms with Crippen LogP contribution >= 0.6 is 0 Å². The summed E-state index contributed by atoms with van der Waals surface area (Å²) in [7, 11) is 1.58. The Hall–Kier alpha value is -3.19. The molecule has 152 valence electrons. The van der Waals surface area contributed by atoms with E-state index in [4.69, 9.17) is 9.47 Å². The van der Waals surface area contributed by atoms with Crippen LogP contribution in [-0.4, -0.2) is 53.6 Å². The summed E-state index contributed by atoms with van der Waals surface area (Å²) in [5.41, 5.74) is 1.75. The Morgan fingerprint density at radius 2 is 1.83 bits per heavy atom. The lowest BCUT2D eigenvalue weighted by molar-refractivity contribution is -0.145. The number of carbonyl (C=O) groups is 2. The van der Waals surface area contributed by atoms with Gasteiger partial charge in [-0.1, -0.05) is 18.2 Å². The van der Waals surface area contributed by atoms with Gasteiger partial charge in [0.05, 0.1) is 38.0 Å². The fraction of sp³-hybridized carbons (Fsp3) is 0.318. The van der Waals surface area contributed by atoms with Crippen molar-refractivity contribution in [2.45, 2.75) is 31.9 Å². The highest BCUT2D eigenvalue weighted by molar-refractivity contribution is 6.03. The van der Waals surface area contributed by atoms with E-state index in [0.29, 0.717) is 17.0 Å². The Morgan fingerprint density at radius 3 is 2.45 bits per heavy atom. The minimum atomic E-state index is -0.957. The largest absolute Gasteiger partial charge is 0.497 e. The van der Waals surface area contributed by atoms with E-state index in [0.717, 1.165) is 5.56 Å². The molecule has 0 bridgehead atoms. The van der Waals surface area contributed by atoms with E-state index in [1.54, 1.807) is 50.4 Å². The van der Waals surface area contributed by atoms with Crippen LogP contribution in [0.3, 0.4) is 0 Å². The van der Waals surface area contributed by atoms with Crippen molar-refractivity contribution >= 4 is 17.6 Å². The smallest absolute Gasteiger partial charge is 0.308 e. The summed E-state index contributed by atoms with van der Waals surface area (Å²) in [5, 5.41) is 16.5. The molecular formula is C22H24N2O5. The topological polar surface area (TPSA) is 88.4 Å². The van der Waals surface area contributed by atoms with Gasteiger partial charge in [0.15, 0.2) is 0 Å². The van der Waals surface area contributed by atoms with Crippen LogP contribution in [0.5, 0.6) is 5.75 Å². The van der Waals surface area contributed by atoms with Crippen molar-refractivity contribution in [1.82, 2.24) is 5.01 Å². The van der Waals surface area contributed by atoms with Crippen LogP contribution in [0, 0.1) is 0 Å². The number of aliphatic hydroxyl groups is 1. The Bertz CT molecular complexity index is 880. The second kappa shape index (κ2) is 9.34. The van der Waals surface area contributed by atoms with Crippen molar-refractivity contribution in [3.05, 3.63) is 65.7 Å². The van der Waals surface area contributed by atoms with Gasteiger partial charge >= 0.3 is 5.97 Å². The summed E-state index contributed by atoms with van der Waals surface area (Å²) in [6.45, 7) is 1.94. The number of nitrogens with zero attached hydrogens (tertiary/aromatic N) is 2. The Balaban J connectivity index is 1.96. The first kappa shape index (κ1) is 20.5. The molecule has 1 aliphatic rings. The van der Waals surface area contributed by atoms with E-state index in [-0.39, 0.29) is 25.4 Å². The second-order valence-electron chi connectivity index (χ2n) is 6.64. The van der Waals surface area contributed by atoms with Crippen molar-refractivity contribution in [2.75, 3.05) is 13.7 Å². The third-order valence-corrected chi connectivity index (χ3v) is 4.72. The molecule has 1 amide bonds. The molecule has 29 heavy (non-hydrogen) atoms. The SMILES string of the molecule is CCOC(=O)C[C@@H]1[C@H](O)CC(c2ccc(OC)cc2)=NN1C(=O)c1ccccc1. The molecule has 7 nitrogen and oxygen atoms in total. The van der Waals surface area contributed by atoms with Crippen molar-refractivity contribution in [2.24, 2.45) is 5.10 Å². The van der Waals surface area contributed by atoms with Crippen LogP contribution in [0.1, 0.15) is 35.7 Å². The van der Waals surface area contributed by atoms with E-state index >= 15 is 0 Å². The second-order valence-corrected chi connectivity index (χ2v) is 6.64. The van der Waals surface area contributed by atoms with Gasteiger partial charge in [-0.15, -0.1) is 0 Å². The third-order valence-electron chi connectivity index (χ3n) is 4.72. The van der Waals surface area contributed by atoms with Crippen molar-refractivity contribution in [1.29, 1.82) is 0 Å². The zero-order valence-corrected chi connectivity index (χ0v) is 16.4. The highest BCUT2D eigenvalue weighted by atomic mass is 16.5. The number of carbonyl (C=O) groups excluding carboxylic acids is 2. The molecule has 0 unspecified atom stereocenters. The Labute approximate surface area is 169 Å². The summed E-state index contributed by atoms with van der Waals surface area (Å²) in [5.74, 6) is -0.168. The standard InChI is InChI=1S/C22H24N2O5/c1-3-29-21(26)14-19-20(25)13-18(15-9-11-17(28-2)12-10-15)23-24(19)22(27)16-7-5-4-6-8-16/h4-12,19-20,25H,3,13-14H2,1-2H3/t19-,20-/m1/s1. The molecule has 0 spiro atoms. The molecule has 0 fully saturated rings. The summed E-state index contributed by atoms with van der Waals surface area (Å²) in [6, 6.07) is 15.1. The fourth-order valence-corrected chi connectivity index (χ4v) is 3.22. The predicted molar refractivity (Wildman–Crippen MR) is 108 cm³/mol. The Morgan fingerprint density at radius 1 is 1.14 bits per heavy atom. The summed E-state index contributed by atoms with van der Waals surface area (Å²) in [4.78, 5) is 25.2. The lowest BCUT2D eigenvalue weighted by atomic mass is 9.95. The molecule has 0 radical (unpaired) electrons. The molecule has 0 aliphatic carbocycles. The third kappa shape index (κ3) is 4.81. The predicted octanol–water partition coefficient (Wildman–Crippen LogP) is 2.63. The molecule has 1 aliphatic heterocycles. The number of methoxy groups -OCH3 is 1. The molecule has 3 rings (SSSR count). The van der Waals surface area contributed by atoms with E-state index in [1.165, 1.54) is 5.01 Å². The average molecular weight is 396 g/mol. The molecule has 2 aromatic carbocycles. The quantitative estimate of drug-likeness (QED) is 0.759. The molecule has 0 saturated heterocycles. The molecule has 0 aromatic heterocycles. The molecule has 7 heteroatoms. The van der Waals surface area contributed by atoms with E-state index in [1.807, 2.05) is 18.2 Å². The van der Waals surface area contributed by atoms with Gasteiger partial charge in [-0.2, -0.15) is 5.10 Å². The number of hydrogen-bond acceptors (Lipinski definition) is 6. The van der Waals surface area contributed by atoms with Crippen LogP contribution in [0.4, 0.5) is 0 Å². The molecule has 1 N–H and O–H groups in total. The minimum absolute atomic E-state index is 0.132. The summed E-state index contributed by atoms with van der Waals surface area (Å²) >= 11 is 0. The number of aliphatic hydroxyl groups excluding tert-OH is 1. The van der Waals surface area contributed by atoms with Gasteiger partial charge in [0, 0.05) is 12.0 Å². The normalized spacial score (nSPS) is 18.7. The number of amides is 1. The van der Waals surface area contributed by atoms with E-state index < -0.39 is 18.1 Å². The monoisotopic (exact) mass is 396 g/mol. The number of esters is 1. The lowest BCUT2D eigenvalue weighted by Gasteiger charge is -2.35. The number of hydrazone groups is 1.